The van der Waals surface area contributed by atoms with Crippen molar-refractivity contribution in [3.05, 3.63) is 52.6 Å². The van der Waals surface area contributed by atoms with Crippen molar-refractivity contribution in [2.24, 2.45) is 0 Å². The van der Waals surface area contributed by atoms with Gasteiger partial charge in [0.1, 0.15) is 11.5 Å². The number of hydrogen-bond acceptors (Lipinski definition) is 3. The molecule has 1 N–H and O–H groups in total. The molecular formula is C18H21NO3. The van der Waals surface area contributed by atoms with Crippen molar-refractivity contribution in [2.75, 3.05) is 19.5 Å². The van der Waals surface area contributed by atoms with Crippen molar-refractivity contribution in [3.63, 3.8) is 0 Å². The molecule has 0 bridgehead atoms. The number of amides is 1. The number of aryl methyl sites for hydroxylation is 2. The second kappa shape index (κ2) is 6.52. The summed E-state index contributed by atoms with van der Waals surface area (Å²) in [4.78, 5) is 12.5. The van der Waals surface area contributed by atoms with Crippen LogP contribution in [0.2, 0.25) is 0 Å². The predicted molar refractivity (Wildman–Crippen MR) is 88.2 cm³/mol. The van der Waals surface area contributed by atoms with Gasteiger partial charge in [0.15, 0.2) is 0 Å². The van der Waals surface area contributed by atoms with E-state index in [-0.39, 0.29) is 5.91 Å². The molecule has 0 aliphatic rings. The first kappa shape index (κ1) is 15.9. The third-order valence-electron chi connectivity index (χ3n) is 3.84. The maximum atomic E-state index is 12.5. The molecule has 2 aromatic carbocycles. The van der Waals surface area contributed by atoms with E-state index in [0.29, 0.717) is 22.7 Å². The van der Waals surface area contributed by atoms with Crippen molar-refractivity contribution in [1.82, 2.24) is 0 Å². The molecular weight excluding hydrogens is 278 g/mol. The molecule has 0 saturated heterocycles. The lowest BCUT2D eigenvalue weighted by atomic mass is 10.0. The summed E-state index contributed by atoms with van der Waals surface area (Å²) in [6, 6.07) is 9.08. The number of benzene rings is 2. The van der Waals surface area contributed by atoms with Gasteiger partial charge in [-0.2, -0.15) is 0 Å². The first-order valence-corrected chi connectivity index (χ1v) is 7.07. The summed E-state index contributed by atoms with van der Waals surface area (Å²) in [5.41, 5.74) is 4.62. The molecule has 22 heavy (non-hydrogen) atoms. The molecule has 0 radical (unpaired) electrons. The largest absolute Gasteiger partial charge is 0.497 e. The number of ether oxygens (including phenoxy) is 2. The zero-order chi connectivity index (χ0) is 16.3. The highest BCUT2D eigenvalue weighted by Crippen LogP contribution is 2.29. The number of rotatable bonds is 4. The Balaban J connectivity index is 2.32. The Kier molecular flexibility index (Phi) is 4.71. The molecule has 0 aromatic heterocycles. The first-order valence-electron chi connectivity index (χ1n) is 7.07. The number of carbonyl (C=O) groups excluding carboxylic acids is 1. The molecule has 0 saturated carbocycles. The van der Waals surface area contributed by atoms with Gasteiger partial charge >= 0.3 is 0 Å². The minimum absolute atomic E-state index is 0.169. The van der Waals surface area contributed by atoms with Crippen LogP contribution in [0, 0.1) is 20.8 Å². The van der Waals surface area contributed by atoms with Crippen LogP contribution in [-0.4, -0.2) is 20.1 Å². The topological polar surface area (TPSA) is 47.6 Å². The van der Waals surface area contributed by atoms with Gasteiger partial charge in [-0.3, -0.25) is 4.79 Å². The van der Waals surface area contributed by atoms with Crippen molar-refractivity contribution in [1.29, 1.82) is 0 Å². The normalized spacial score (nSPS) is 10.2. The third kappa shape index (κ3) is 3.22. The molecule has 0 aliphatic heterocycles. The zero-order valence-corrected chi connectivity index (χ0v) is 13.6. The average molecular weight is 299 g/mol. The minimum atomic E-state index is -0.169. The van der Waals surface area contributed by atoms with Crippen LogP contribution >= 0.6 is 0 Å². The summed E-state index contributed by atoms with van der Waals surface area (Å²) >= 11 is 0. The molecule has 4 nitrogen and oxygen atoms in total. The summed E-state index contributed by atoms with van der Waals surface area (Å²) in [6.45, 7) is 6.06. The van der Waals surface area contributed by atoms with Crippen molar-refractivity contribution >= 4 is 11.6 Å². The van der Waals surface area contributed by atoms with Crippen molar-refractivity contribution in [2.45, 2.75) is 20.8 Å². The van der Waals surface area contributed by atoms with Crippen LogP contribution < -0.4 is 14.8 Å². The van der Waals surface area contributed by atoms with Crippen LogP contribution in [0.5, 0.6) is 11.5 Å². The molecule has 0 atom stereocenters. The Morgan fingerprint density at radius 1 is 0.955 bits per heavy atom. The van der Waals surface area contributed by atoms with Gasteiger partial charge in [0.2, 0.25) is 0 Å². The van der Waals surface area contributed by atoms with E-state index < -0.39 is 0 Å². The standard InChI is InChI=1S/C18H21NO3/c1-11-8-14(9-12(2)13(11)3)18(20)19-16-10-15(21-4)6-7-17(16)22-5/h6-10H,1-5H3,(H,19,20). The Morgan fingerprint density at radius 3 is 2.14 bits per heavy atom. The maximum Gasteiger partial charge on any atom is 0.255 e. The maximum absolute atomic E-state index is 12.5. The molecule has 4 heteroatoms. The van der Waals surface area contributed by atoms with Gasteiger partial charge in [-0.1, -0.05) is 0 Å². The fraction of sp³-hybridized carbons (Fsp3) is 0.278. The smallest absolute Gasteiger partial charge is 0.255 e. The number of hydrogen-bond donors (Lipinski definition) is 1. The third-order valence-corrected chi connectivity index (χ3v) is 3.84. The molecule has 2 rings (SSSR count). The number of methoxy groups -OCH3 is 2. The summed E-state index contributed by atoms with van der Waals surface area (Å²) < 4.78 is 10.5. The summed E-state index contributed by atoms with van der Waals surface area (Å²) in [5, 5.41) is 2.88. The van der Waals surface area contributed by atoms with E-state index in [1.165, 1.54) is 5.56 Å². The Bertz CT molecular complexity index is 684. The first-order chi connectivity index (χ1) is 10.5. The van der Waals surface area contributed by atoms with E-state index in [2.05, 4.69) is 12.2 Å². The summed E-state index contributed by atoms with van der Waals surface area (Å²) in [7, 11) is 3.15. The molecule has 116 valence electrons. The molecule has 0 heterocycles. The zero-order valence-electron chi connectivity index (χ0n) is 13.6. The summed E-state index contributed by atoms with van der Waals surface area (Å²) in [5.74, 6) is 1.08. The van der Waals surface area contributed by atoms with Gasteiger partial charge in [0.25, 0.3) is 5.91 Å². The fourth-order valence-electron chi connectivity index (χ4n) is 2.27. The number of carbonyl (C=O) groups is 1. The van der Waals surface area contributed by atoms with Gasteiger partial charge in [-0.05, 0) is 61.7 Å². The lowest BCUT2D eigenvalue weighted by molar-refractivity contribution is 0.102. The van der Waals surface area contributed by atoms with E-state index in [9.17, 15) is 4.79 Å². The van der Waals surface area contributed by atoms with Crippen LogP contribution in [0.4, 0.5) is 5.69 Å². The lowest BCUT2D eigenvalue weighted by Gasteiger charge is -2.13. The number of nitrogens with one attached hydrogen (secondary N) is 1. The summed E-state index contributed by atoms with van der Waals surface area (Å²) in [6.07, 6.45) is 0. The number of anilines is 1. The second-order valence-corrected chi connectivity index (χ2v) is 5.26. The van der Waals surface area contributed by atoms with Gasteiger partial charge < -0.3 is 14.8 Å². The fourth-order valence-corrected chi connectivity index (χ4v) is 2.27. The average Bonchev–Trinajstić information content (AvgIpc) is 2.51. The highest BCUT2D eigenvalue weighted by molar-refractivity contribution is 6.05. The van der Waals surface area contributed by atoms with Gasteiger partial charge in [-0.15, -0.1) is 0 Å². The van der Waals surface area contributed by atoms with Gasteiger partial charge in [-0.25, -0.2) is 0 Å². The molecule has 0 aliphatic carbocycles. The second-order valence-electron chi connectivity index (χ2n) is 5.26. The van der Waals surface area contributed by atoms with E-state index in [0.717, 1.165) is 11.1 Å². The van der Waals surface area contributed by atoms with Gasteiger partial charge in [0, 0.05) is 11.6 Å². The van der Waals surface area contributed by atoms with Gasteiger partial charge in [0.05, 0.1) is 19.9 Å². The van der Waals surface area contributed by atoms with Crippen molar-refractivity contribution < 1.29 is 14.3 Å². The van der Waals surface area contributed by atoms with Crippen molar-refractivity contribution in [3.8, 4) is 11.5 Å². The molecule has 0 spiro atoms. The van der Waals surface area contributed by atoms with Crippen LogP contribution in [-0.2, 0) is 0 Å². The lowest BCUT2D eigenvalue weighted by Crippen LogP contribution is -2.13. The molecule has 1 amide bonds. The monoisotopic (exact) mass is 299 g/mol. The van der Waals surface area contributed by atoms with E-state index in [1.54, 1.807) is 32.4 Å². The highest BCUT2D eigenvalue weighted by atomic mass is 16.5. The van der Waals surface area contributed by atoms with Crippen LogP contribution in [0.15, 0.2) is 30.3 Å². The SMILES string of the molecule is COc1ccc(OC)c(NC(=O)c2cc(C)c(C)c(C)c2)c1. The van der Waals surface area contributed by atoms with E-state index in [1.807, 2.05) is 26.0 Å². The Hall–Kier alpha value is -2.49. The quantitative estimate of drug-likeness (QED) is 0.932. The molecule has 2 aromatic rings. The van der Waals surface area contributed by atoms with Crippen LogP contribution in [0.1, 0.15) is 27.0 Å². The highest BCUT2D eigenvalue weighted by Gasteiger charge is 2.12. The Labute approximate surface area is 131 Å². The Morgan fingerprint density at radius 2 is 1.59 bits per heavy atom. The van der Waals surface area contributed by atoms with Crippen LogP contribution in [0.25, 0.3) is 0 Å². The molecule has 0 unspecified atom stereocenters. The minimum Gasteiger partial charge on any atom is -0.497 e. The molecule has 0 fully saturated rings. The van der Waals surface area contributed by atoms with E-state index in [4.69, 9.17) is 9.47 Å². The van der Waals surface area contributed by atoms with E-state index >= 15 is 0 Å². The van der Waals surface area contributed by atoms with Crippen LogP contribution in [0.3, 0.4) is 0 Å². The predicted octanol–water partition coefficient (Wildman–Crippen LogP) is 3.88.